The van der Waals surface area contributed by atoms with Crippen molar-refractivity contribution >= 4 is 0 Å². The van der Waals surface area contributed by atoms with Crippen LogP contribution >= 0.6 is 0 Å². The monoisotopic (exact) mass is 251 g/mol. The summed E-state index contributed by atoms with van der Waals surface area (Å²) in [4.78, 5) is 0. The van der Waals surface area contributed by atoms with Crippen LogP contribution in [0.2, 0.25) is 0 Å². The second kappa shape index (κ2) is 6.76. The van der Waals surface area contributed by atoms with Gasteiger partial charge in [-0.3, -0.25) is 0 Å². The van der Waals surface area contributed by atoms with Crippen LogP contribution in [0.4, 0.5) is 0 Å². The van der Waals surface area contributed by atoms with Gasteiger partial charge in [-0.25, -0.2) is 0 Å². The van der Waals surface area contributed by atoms with Crippen molar-refractivity contribution in [3.63, 3.8) is 0 Å². The van der Waals surface area contributed by atoms with E-state index >= 15 is 0 Å². The predicted molar refractivity (Wildman–Crippen MR) is 75.0 cm³/mol. The maximum Gasteiger partial charge on any atom is 0.122 e. The lowest BCUT2D eigenvalue weighted by Crippen LogP contribution is -2.25. The molecule has 102 valence electrons. The van der Waals surface area contributed by atoms with E-state index in [1.165, 1.54) is 5.56 Å². The van der Waals surface area contributed by atoms with Crippen LogP contribution in [-0.4, -0.2) is 25.4 Å². The van der Waals surface area contributed by atoms with Gasteiger partial charge in [0.05, 0.1) is 12.2 Å². The Hall–Kier alpha value is -1.06. The minimum Gasteiger partial charge on any atom is -0.493 e. The molecule has 0 aromatic heterocycles. The summed E-state index contributed by atoms with van der Waals surface area (Å²) < 4.78 is 11.2. The van der Waals surface area contributed by atoms with Gasteiger partial charge in [0, 0.05) is 19.6 Å². The van der Waals surface area contributed by atoms with Gasteiger partial charge in [0.2, 0.25) is 0 Å². The Balaban J connectivity index is 2.56. The lowest BCUT2D eigenvalue weighted by molar-refractivity contribution is 0.00537. The SMILES string of the molecule is COC(C)(C)CCOc1ccccc1CC(C)N. The van der Waals surface area contributed by atoms with Gasteiger partial charge in [-0.1, -0.05) is 18.2 Å². The van der Waals surface area contributed by atoms with Crippen molar-refractivity contribution in [1.29, 1.82) is 0 Å². The molecule has 0 radical (unpaired) electrons. The summed E-state index contributed by atoms with van der Waals surface area (Å²) in [5.41, 5.74) is 6.86. The average molecular weight is 251 g/mol. The van der Waals surface area contributed by atoms with Crippen molar-refractivity contribution in [3.05, 3.63) is 29.8 Å². The van der Waals surface area contributed by atoms with E-state index in [-0.39, 0.29) is 11.6 Å². The normalized spacial score (nSPS) is 13.4. The van der Waals surface area contributed by atoms with Crippen LogP contribution in [0.25, 0.3) is 0 Å². The summed E-state index contributed by atoms with van der Waals surface area (Å²) in [6, 6.07) is 8.22. The van der Waals surface area contributed by atoms with Crippen LogP contribution in [0.15, 0.2) is 24.3 Å². The molecule has 0 amide bonds. The highest BCUT2D eigenvalue weighted by molar-refractivity contribution is 5.33. The highest BCUT2D eigenvalue weighted by Crippen LogP contribution is 2.21. The third kappa shape index (κ3) is 5.07. The molecule has 1 unspecified atom stereocenters. The topological polar surface area (TPSA) is 44.5 Å². The fraction of sp³-hybridized carbons (Fsp3) is 0.600. The maximum atomic E-state index is 5.84. The number of ether oxygens (including phenoxy) is 2. The van der Waals surface area contributed by atoms with E-state index in [0.717, 1.165) is 18.6 Å². The molecule has 1 aromatic carbocycles. The summed E-state index contributed by atoms with van der Waals surface area (Å²) in [6.45, 7) is 6.77. The third-order valence-electron chi connectivity index (χ3n) is 3.03. The zero-order chi connectivity index (χ0) is 13.6. The summed E-state index contributed by atoms with van der Waals surface area (Å²) in [5, 5.41) is 0. The third-order valence-corrected chi connectivity index (χ3v) is 3.03. The zero-order valence-electron chi connectivity index (χ0n) is 11.9. The molecule has 0 aliphatic heterocycles. The van der Waals surface area contributed by atoms with E-state index < -0.39 is 0 Å². The Kier molecular flexibility index (Phi) is 5.63. The van der Waals surface area contributed by atoms with Gasteiger partial charge in [-0.15, -0.1) is 0 Å². The number of benzene rings is 1. The molecule has 0 heterocycles. The van der Waals surface area contributed by atoms with Gasteiger partial charge in [0.15, 0.2) is 0 Å². The highest BCUT2D eigenvalue weighted by atomic mass is 16.5. The molecule has 0 saturated heterocycles. The van der Waals surface area contributed by atoms with Gasteiger partial charge in [0.25, 0.3) is 0 Å². The van der Waals surface area contributed by atoms with Crippen LogP contribution < -0.4 is 10.5 Å². The summed E-state index contributed by atoms with van der Waals surface area (Å²) in [5.74, 6) is 0.932. The summed E-state index contributed by atoms with van der Waals surface area (Å²) in [6.07, 6.45) is 1.69. The largest absolute Gasteiger partial charge is 0.493 e. The molecular weight excluding hydrogens is 226 g/mol. The van der Waals surface area contributed by atoms with E-state index in [9.17, 15) is 0 Å². The first kappa shape index (κ1) is 15.0. The second-order valence-electron chi connectivity index (χ2n) is 5.35. The highest BCUT2D eigenvalue weighted by Gasteiger charge is 2.16. The number of nitrogens with two attached hydrogens (primary N) is 1. The lowest BCUT2D eigenvalue weighted by Gasteiger charge is -2.23. The van der Waals surface area contributed by atoms with E-state index in [1.807, 2.05) is 25.1 Å². The standard InChI is InChI=1S/C15H25NO2/c1-12(16)11-13-7-5-6-8-14(13)18-10-9-15(2,3)17-4/h5-8,12H,9-11,16H2,1-4H3. The van der Waals surface area contributed by atoms with E-state index in [2.05, 4.69) is 19.9 Å². The average Bonchev–Trinajstić information content (AvgIpc) is 2.30. The molecule has 1 aromatic rings. The molecule has 0 fully saturated rings. The Morgan fingerprint density at radius 3 is 2.56 bits per heavy atom. The number of rotatable bonds is 7. The second-order valence-corrected chi connectivity index (χ2v) is 5.35. The first-order valence-corrected chi connectivity index (χ1v) is 6.46. The molecule has 3 nitrogen and oxygen atoms in total. The van der Waals surface area contributed by atoms with Gasteiger partial charge in [-0.05, 0) is 38.8 Å². The number of hydrogen-bond donors (Lipinski definition) is 1. The zero-order valence-corrected chi connectivity index (χ0v) is 11.9. The number of para-hydroxylation sites is 1. The molecule has 0 spiro atoms. The Bertz CT molecular complexity index is 361. The summed E-state index contributed by atoms with van der Waals surface area (Å²) in [7, 11) is 1.73. The quantitative estimate of drug-likeness (QED) is 0.810. The number of hydrogen-bond acceptors (Lipinski definition) is 3. The fourth-order valence-electron chi connectivity index (χ4n) is 1.67. The molecule has 18 heavy (non-hydrogen) atoms. The van der Waals surface area contributed by atoms with Crippen molar-refractivity contribution < 1.29 is 9.47 Å². The van der Waals surface area contributed by atoms with E-state index in [0.29, 0.717) is 6.61 Å². The van der Waals surface area contributed by atoms with Crippen molar-refractivity contribution in [2.24, 2.45) is 5.73 Å². The smallest absolute Gasteiger partial charge is 0.122 e. The molecule has 0 saturated carbocycles. The summed E-state index contributed by atoms with van der Waals surface area (Å²) >= 11 is 0. The Morgan fingerprint density at radius 1 is 1.28 bits per heavy atom. The Morgan fingerprint density at radius 2 is 1.94 bits per heavy atom. The van der Waals surface area contributed by atoms with Crippen LogP contribution in [-0.2, 0) is 11.2 Å². The molecular formula is C15H25NO2. The van der Waals surface area contributed by atoms with Crippen molar-refractivity contribution in [2.75, 3.05) is 13.7 Å². The van der Waals surface area contributed by atoms with Gasteiger partial charge in [0.1, 0.15) is 5.75 Å². The first-order chi connectivity index (χ1) is 8.44. The van der Waals surface area contributed by atoms with Crippen molar-refractivity contribution in [2.45, 2.75) is 45.3 Å². The van der Waals surface area contributed by atoms with Crippen molar-refractivity contribution in [1.82, 2.24) is 0 Å². The predicted octanol–water partition coefficient (Wildman–Crippen LogP) is 2.77. The Labute approximate surface area is 110 Å². The molecule has 0 bridgehead atoms. The minimum absolute atomic E-state index is 0.143. The van der Waals surface area contributed by atoms with Crippen LogP contribution in [0.5, 0.6) is 5.75 Å². The lowest BCUT2D eigenvalue weighted by atomic mass is 10.1. The fourth-order valence-corrected chi connectivity index (χ4v) is 1.67. The maximum absolute atomic E-state index is 5.84. The van der Waals surface area contributed by atoms with Crippen LogP contribution in [0.1, 0.15) is 32.8 Å². The molecule has 0 aliphatic rings. The minimum atomic E-state index is -0.143. The molecule has 1 atom stereocenters. The van der Waals surface area contributed by atoms with Crippen LogP contribution in [0, 0.1) is 0 Å². The molecule has 2 N–H and O–H groups in total. The molecule has 1 rings (SSSR count). The van der Waals surface area contributed by atoms with E-state index in [1.54, 1.807) is 7.11 Å². The first-order valence-electron chi connectivity index (χ1n) is 6.46. The molecule has 3 heteroatoms. The van der Waals surface area contributed by atoms with Gasteiger partial charge in [-0.2, -0.15) is 0 Å². The van der Waals surface area contributed by atoms with Gasteiger partial charge >= 0.3 is 0 Å². The van der Waals surface area contributed by atoms with Gasteiger partial charge < -0.3 is 15.2 Å². The van der Waals surface area contributed by atoms with Crippen LogP contribution in [0.3, 0.4) is 0 Å². The number of methoxy groups -OCH3 is 1. The van der Waals surface area contributed by atoms with Crippen molar-refractivity contribution in [3.8, 4) is 5.75 Å². The van der Waals surface area contributed by atoms with E-state index in [4.69, 9.17) is 15.2 Å². The molecule has 0 aliphatic carbocycles.